The lowest BCUT2D eigenvalue weighted by Gasteiger charge is -2.12. The van der Waals surface area contributed by atoms with E-state index in [1.807, 2.05) is 12.1 Å². The van der Waals surface area contributed by atoms with Crippen molar-refractivity contribution in [2.24, 2.45) is 5.92 Å². The van der Waals surface area contributed by atoms with Gasteiger partial charge in [0, 0.05) is 17.9 Å². The van der Waals surface area contributed by atoms with Gasteiger partial charge in [0.25, 0.3) is 0 Å². The van der Waals surface area contributed by atoms with E-state index >= 15 is 0 Å². The Bertz CT molecular complexity index is 861. The lowest BCUT2D eigenvalue weighted by molar-refractivity contribution is -0.139. The van der Waals surface area contributed by atoms with Crippen molar-refractivity contribution in [2.45, 2.75) is 31.1 Å². The normalized spacial score (nSPS) is 22.3. The lowest BCUT2D eigenvalue weighted by atomic mass is 9.95. The van der Waals surface area contributed by atoms with Crippen molar-refractivity contribution < 1.29 is 19.4 Å². The molecule has 2 aromatic carbocycles. The van der Waals surface area contributed by atoms with E-state index in [0.29, 0.717) is 12.3 Å². The summed E-state index contributed by atoms with van der Waals surface area (Å²) in [6.45, 7) is 0.254. The van der Waals surface area contributed by atoms with E-state index in [1.165, 1.54) is 11.1 Å². The molecule has 0 radical (unpaired) electrons. The minimum Gasteiger partial charge on any atom is -0.482 e. The standard InChI is InChI=1S/C22H23NO4/c24-20(25)14-27-17-7-5-15(6-8-17)10-12-23-21(26)19-13-22(19)11-9-16-3-1-2-4-18(16)22/h1-8,19H,9-14H2,(H,23,26)(H,24,25). The minimum atomic E-state index is -0.996. The molecule has 1 saturated carbocycles. The summed E-state index contributed by atoms with van der Waals surface area (Å²) >= 11 is 0. The Kier molecular flexibility index (Phi) is 4.60. The lowest BCUT2D eigenvalue weighted by Crippen LogP contribution is -2.29. The summed E-state index contributed by atoms with van der Waals surface area (Å²) in [6, 6.07) is 15.8. The molecule has 0 aliphatic heterocycles. The number of aryl methyl sites for hydroxylation is 1. The topological polar surface area (TPSA) is 75.6 Å². The highest BCUT2D eigenvalue weighted by atomic mass is 16.5. The number of fused-ring (bicyclic) bond motifs is 2. The van der Waals surface area contributed by atoms with Gasteiger partial charge in [-0.15, -0.1) is 0 Å². The third-order valence-electron chi connectivity index (χ3n) is 5.78. The Morgan fingerprint density at radius 1 is 1.15 bits per heavy atom. The van der Waals surface area contributed by atoms with E-state index < -0.39 is 5.97 Å². The first-order chi connectivity index (χ1) is 13.1. The summed E-state index contributed by atoms with van der Waals surface area (Å²) in [5.41, 5.74) is 3.94. The van der Waals surface area contributed by atoms with Crippen LogP contribution >= 0.6 is 0 Å². The molecule has 0 saturated heterocycles. The Morgan fingerprint density at radius 2 is 1.93 bits per heavy atom. The van der Waals surface area contributed by atoms with Crippen LogP contribution < -0.4 is 10.1 Å². The first kappa shape index (κ1) is 17.6. The first-order valence-corrected chi connectivity index (χ1v) is 9.38. The van der Waals surface area contributed by atoms with Gasteiger partial charge >= 0.3 is 5.97 Å². The van der Waals surface area contributed by atoms with Crippen molar-refractivity contribution in [1.82, 2.24) is 5.32 Å². The smallest absolute Gasteiger partial charge is 0.341 e. The van der Waals surface area contributed by atoms with E-state index in [0.717, 1.165) is 31.2 Å². The van der Waals surface area contributed by atoms with Gasteiger partial charge in [0.15, 0.2) is 6.61 Å². The van der Waals surface area contributed by atoms with Gasteiger partial charge in [0.1, 0.15) is 5.75 Å². The predicted molar refractivity (Wildman–Crippen MR) is 101 cm³/mol. The number of carboxylic acid groups (broad SMARTS) is 1. The Morgan fingerprint density at radius 3 is 2.70 bits per heavy atom. The molecule has 0 aromatic heterocycles. The maximum atomic E-state index is 12.6. The molecule has 2 atom stereocenters. The number of aliphatic carboxylic acids is 1. The zero-order chi connectivity index (χ0) is 18.9. The van der Waals surface area contributed by atoms with Gasteiger partial charge < -0.3 is 15.2 Å². The SMILES string of the molecule is O=C(O)COc1ccc(CCNC(=O)C2CC23CCc2ccccc23)cc1. The van der Waals surface area contributed by atoms with Crippen molar-refractivity contribution in [1.29, 1.82) is 0 Å². The number of benzene rings is 2. The highest BCUT2D eigenvalue weighted by Gasteiger charge is 2.61. The summed E-state index contributed by atoms with van der Waals surface area (Å²) in [5.74, 6) is -0.199. The summed E-state index contributed by atoms with van der Waals surface area (Å²) in [6.07, 6.45) is 3.87. The van der Waals surface area contributed by atoms with Crippen LogP contribution in [0, 0.1) is 5.92 Å². The Hall–Kier alpha value is -2.82. The maximum absolute atomic E-state index is 12.6. The number of amides is 1. The minimum absolute atomic E-state index is 0.0871. The summed E-state index contributed by atoms with van der Waals surface area (Å²) in [4.78, 5) is 23.1. The molecule has 1 amide bonds. The average molecular weight is 365 g/mol. The molecule has 1 fully saturated rings. The molecule has 0 bridgehead atoms. The molecular weight excluding hydrogens is 342 g/mol. The van der Waals surface area contributed by atoms with E-state index in [2.05, 4.69) is 29.6 Å². The number of hydrogen-bond acceptors (Lipinski definition) is 3. The van der Waals surface area contributed by atoms with Crippen LogP contribution in [0.3, 0.4) is 0 Å². The van der Waals surface area contributed by atoms with Crippen LogP contribution in [0.25, 0.3) is 0 Å². The molecule has 4 rings (SSSR count). The fourth-order valence-electron chi connectivity index (χ4n) is 4.29. The molecule has 1 spiro atoms. The number of nitrogens with one attached hydrogen (secondary N) is 1. The summed E-state index contributed by atoms with van der Waals surface area (Å²) in [5, 5.41) is 11.7. The summed E-state index contributed by atoms with van der Waals surface area (Å²) in [7, 11) is 0. The number of carbonyl (C=O) groups excluding carboxylic acids is 1. The molecule has 5 nitrogen and oxygen atoms in total. The van der Waals surface area contributed by atoms with Crippen LogP contribution in [0.2, 0.25) is 0 Å². The van der Waals surface area contributed by atoms with Gasteiger partial charge in [-0.2, -0.15) is 0 Å². The van der Waals surface area contributed by atoms with Crippen LogP contribution in [-0.4, -0.2) is 30.1 Å². The average Bonchev–Trinajstić information content (AvgIpc) is 3.30. The molecule has 2 aromatic rings. The van der Waals surface area contributed by atoms with Crippen molar-refractivity contribution in [3.63, 3.8) is 0 Å². The summed E-state index contributed by atoms with van der Waals surface area (Å²) < 4.78 is 5.12. The van der Waals surface area contributed by atoms with Crippen LogP contribution in [0.4, 0.5) is 0 Å². The second-order valence-electron chi connectivity index (χ2n) is 7.44. The van der Waals surface area contributed by atoms with E-state index in [9.17, 15) is 9.59 Å². The van der Waals surface area contributed by atoms with E-state index in [-0.39, 0.29) is 23.8 Å². The van der Waals surface area contributed by atoms with Gasteiger partial charge in [0.05, 0.1) is 0 Å². The monoisotopic (exact) mass is 365 g/mol. The molecule has 5 heteroatoms. The molecule has 140 valence electrons. The molecule has 2 aliphatic rings. The predicted octanol–water partition coefficient (Wildman–Crippen LogP) is 2.71. The zero-order valence-electron chi connectivity index (χ0n) is 15.1. The largest absolute Gasteiger partial charge is 0.482 e. The second-order valence-corrected chi connectivity index (χ2v) is 7.44. The second kappa shape index (κ2) is 7.06. The van der Waals surface area contributed by atoms with Crippen molar-refractivity contribution in [3.8, 4) is 5.75 Å². The van der Waals surface area contributed by atoms with Gasteiger partial charge in [-0.1, -0.05) is 36.4 Å². The number of carbonyl (C=O) groups is 2. The van der Waals surface area contributed by atoms with Crippen LogP contribution in [-0.2, 0) is 27.8 Å². The molecule has 27 heavy (non-hydrogen) atoms. The van der Waals surface area contributed by atoms with E-state index in [4.69, 9.17) is 9.84 Å². The van der Waals surface area contributed by atoms with Crippen LogP contribution in [0.1, 0.15) is 29.5 Å². The fraction of sp³-hybridized carbons (Fsp3) is 0.364. The highest BCUT2D eigenvalue weighted by molar-refractivity contribution is 5.85. The van der Waals surface area contributed by atoms with Gasteiger partial charge in [-0.3, -0.25) is 4.79 Å². The number of carboxylic acids is 1. The molecule has 0 heterocycles. The Labute approximate surface area is 158 Å². The molecule has 2 N–H and O–H groups in total. The van der Waals surface area contributed by atoms with Crippen molar-refractivity contribution >= 4 is 11.9 Å². The zero-order valence-corrected chi connectivity index (χ0v) is 15.1. The van der Waals surface area contributed by atoms with Crippen molar-refractivity contribution in [3.05, 3.63) is 65.2 Å². The quantitative estimate of drug-likeness (QED) is 0.791. The van der Waals surface area contributed by atoms with Gasteiger partial charge in [-0.05, 0) is 54.5 Å². The first-order valence-electron chi connectivity index (χ1n) is 9.38. The third kappa shape index (κ3) is 3.54. The maximum Gasteiger partial charge on any atom is 0.341 e. The Balaban J connectivity index is 1.26. The molecule has 2 unspecified atom stereocenters. The number of ether oxygens (including phenoxy) is 1. The van der Waals surface area contributed by atoms with Gasteiger partial charge in [-0.25, -0.2) is 4.79 Å². The van der Waals surface area contributed by atoms with Crippen LogP contribution in [0.5, 0.6) is 5.75 Å². The number of hydrogen-bond donors (Lipinski definition) is 2. The van der Waals surface area contributed by atoms with Crippen molar-refractivity contribution in [2.75, 3.05) is 13.2 Å². The number of rotatable bonds is 7. The van der Waals surface area contributed by atoms with Crippen LogP contribution in [0.15, 0.2) is 48.5 Å². The third-order valence-corrected chi connectivity index (χ3v) is 5.78. The highest BCUT2D eigenvalue weighted by Crippen LogP contribution is 2.61. The van der Waals surface area contributed by atoms with Gasteiger partial charge in [0.2, 0.25) is 5.91 Å². The van der Waals surface area contributed by atoms with E-state index in [1.54, 1.807) is 12.1 Å². The molecule has 2 aliphatic carbocycles. The fourth-order valence-corrected chi connectivity index (χ4v) is 4.29. The molecular formula is C22H23NO4.